The molecule has 1 aromatic carbocycles. The summed E-state index contributed by atoms with van der Waals surface area (Å²) in [7, 11) is 1.58. The number of rotatable bonds is 6. The standard InChI is InChI=1S/C12H12BrNO3.C2H6/c1-16-2-3-17-11-5-9(8-14)4-10(6-11)12(15)7-13;1-2/h4-6H,2-3,7H2,1H3;1-2H3. The summed E-state index contributed by atoms with van der Waals surface area (Å²) < 4.78 is 10.2. The first-order valence-electron chi connectivity index (χ1n) is 5.97. The molecule has 0 heterocycles. The first-order valence-corrected chi connectivity index (χ1v) is 7.09. The van der Waals surface area contributed by atoms with Crippen LogP contribution < -0.4 is 4.74 Å². The molecule has 104 valence electrons. The van der Waals surface area contributed by atoms with Crippen molar-refractivity contribution < 1.29 is 14.3 Å². The minimum atomic E-state index is -0.0845. The number of nitriles is 1. The van der Waals surface area contributed by atoms with E-state index in [9.17, 15) is 4.79 Å². The minimum Gasteiger partial charge on any atom is -0.491 e. The number of hydrogen-bond donors (Lipinski definition) is 0. The van der Waals surface area contributed by atoms with Crippen molar-refractivity contribution in [2.45, 2.75) is 13.8 Å². The number of carbonyl (C=O) groups excluding carboxylic acids is 1. The molecule has 0 amide bonds. The highest BCUT2D eigenvalue weighted by molar-refractivity contribution is 9.09. The molecule has 19 heavy (non-hydrogen) atoms. The molecule has 0 aromatic heterocycles. The minimum absolute atomic E-state index is 0.0845. The van der Waals surface area contributed by atoms with Crippen LogP contribution in [-0.4, -0.2) is 31.4 Å². The molecular formula is C14H18BrNO3. The molecule has 0 aliphatic carbocycles. The average molecular weight is 328 g/mol. The third-order valence-corrected chi connectivity index (χ3v) is 2.54. The summed E-state index contributed by atoms with van der Waals surface area (Å²) in [6.45, 7) is 4.84. The lowest BCUT2D eigenvalue weighted by Crippen LogP contribution is -2.06. The van der Waals surface area contributed by atoms with Gasteiger partial charge in [0.05, 0.1) is 23.6 Å². The van der Waals surface area contributed by atoms with Gasteiger partial charge in [0.15, 0.2) is 5.78 Å². The van der Waals surface area contributed by atoms with Crippen molar-refractivity contribution in [3.8, 4) is 11.8 Å². The molecule has 0 bridgehead atoms. The molecule has 1 rings (SSSR count). The van der Waals surface area contributed by atoms with Gasteiger partial charge in [-0.3, -0.25) is 4.79 Å². The van der Waals surface area contributed by atoms with Gasteiger partial charge in [0.1, 0.15) is 12.4 Å². The first kappa shape index (κ1) is 17.6. The molecule has 0 spiro atoms. The van der Waals surface area contributed by atoms with Crippen molar-refractivity contribution in [3.63, 3.8) is 0 Å². The maximum atomic E-state index is 11.5. The fourth-order valence-corrected chi connectivity index (χ4v) is 1.55. The van der Waals surface area contributed by atoms with Crippen LogP contribution in [0.2, 0.25) is 0 Å². The zero-order chi connectivity index (χ0) is 14.7. The summed E-state index contributed by atoms with van der Waals surface area (Å²) >= 11 is 3.09. The van der Waals surface area contributed by atoms with Gasteiger partial charge in [-0.05, 0) is 18.2 Å². The summed E-state index contributed by atoms with van der Waals surface area (Å²) in [5, 5.41) is 9.08. The number of methoxy groups -OCH3 is 1. The van der Waals surface area contributed by atoms with Crippen molar-refractivity contribution in [2.24, 2.45) is 0 Å². The van der Waals surface area contributed by atoms with Gasteiger partial charge in [0, 0.05) is 12.7 Å². The molecule has 0 unspecified atom stereocenters. The lowest BCUT2D eigenvalue weighted by molar-refractivity contribution is 0.102. The number of Topliss-reactive ketones (excluding diaryl/α,β-unsaturated/α-hetero) is 1. The lowest BCUT2D eigenvalue weighted by Gasteiger charge is -2.07. The van der Waals surface area contributed by atoms with Crippen LogP contribution in [0.25, 0.3) is 0 Å². The molecule has 1 aromatic rings. The average Bonchev–Trinajstić information content (AvgIpc) is 2.48. The zero-order valence-corrected chi connectivity index (χ0v) is 13.0. The number of hydrogen-bond acceptors (Lipinski definition) is 4. The molecule has 0 N–H and O–H groups in total. The Morgan fingerprint density at radius 2 is 2.00 bits per heavy atom. The highest BCUT2D eigenvalue weighted by Crippen LogP contribution is 2.18. The third kappa shape index (κ3) is 6.37. The molecule has 0 aliphatic heterocycles. The Labute approximate surface area is 122 Å². The smallest absolute Gasteiger partial charge is 0.173 e. The summed E-state index contributed by atoms with van der Waals surface area (Å²) in [5.41, 5.74) is 0.873. The number of benzene rings is 1. The second kappa shape index (κ2) is 10.5. The molecule has 0 fully saturated rings. The highest BCUT2D eigenvalue weighted by Gasteiger charge is 2.08. The molecule has 5 heteroatoms. The maximum Gasteiger partial charge on any atom is 0.173 e. The van der Waals surface area contributed by atoms with E-state index in [4.69, 9.17) is 14.7 Å². The Kier molecular flexibility index (Phi) is 9.77. The monoisotopic (exact) mass is 327 g/mol. The highest BCUT2D eigenvalue weighted by atomic mass is 79.9. The first-order chi connectivity index (χ1) is 9.21. The van der Waals surface area contributed by atoms with E-state index in [0.29, 0.717) is 30.1 Å². The summed E-state index contributed by atoms with van der Waals surface area (Å²) in [5.74, 6) is 0.420. The second-order valence-corrected chi connectivity index (χ2v) is 3.82. The van der Waals surface area contributed by atoms with Gasteiger partial charge in [-0.1, -0.05) is 29.8 Å². The predicted octanol–water partition coefficient (Wildman–Crippen LogP) is 3.19. The predicted molar refractivity (Wildman–Crippen MR) is 78.0 cm³/mol. The Morgan fingerprint density at radius 1 is 1.32 bits per heavy atom. The van der Waals surface area contributed by atoms with Gasteiger partial charge in [-0.2, -0.15) is 5.26 Å². The van der Waals surface area contributed by atoms with Crippen molar-refractivity contribution in [3.05, 3.63) is 29.3 Å². The van der Waals surface area contributed by atoms with Gasteiger partial charge in [-0.25, -0.2) is 0 Å². The van der Waals surface area contributed by atoms with Crippen LogP contribution in [0, 0.1) is 11.3 Å². The summed E-state index contributed by atoms with van der Waals surface area (Å²) in [6, 6.07) is 6.77. The van der Waals surface area contributed by atoms with E-state index < -0.39 is 0 Å². The van der Waals surface area contributed by atoms with E-state index in [-0.39, 0.29) is 11.1 Å². The molecule has 0 radical (unpaired) electrons. The number of nitrogens with zero attached hydrogens (tertiary/aromatic N) is 1. The molecule has 4 nitrogen and oxygen atoms in total. The third-order valence-electron chi connectivity index (χ3n) is 2.04. The van der Waals surface area contributed by atoms with Crippen LogP contribution in [0.15, 0.2) is 18.2 Å². The maximum absolute atomic E-state index is 11.5. The Bertz CT molecular complexity index is 441. The van der Waals surface area contributed by atoms with Gasteiger partial charge in [-0.15, -0.1) is 0 Å². The van der Waals surface area contributed by atoms with Crippen molar-refractivity contribution in [2.75, 3.05) is 25.7 Å². The number of alkyl halides is 1. The van der Waals surface area contributed by atoms with E-state index in [0.717, 1.165) is 0 Å². The lowest BCUT2D eigenvalue weighted by atomic mass is 10.1. The Hall–Kier alpha value is -1.38. The molecule has 0 atom stereocenters. The van der Waals surface area contributed by atoms with E-state index in [1.165, 1.54) is 0 Å². The van der Waals surface area contributed by atoms with E-state index in [2.05, 4.69) is 15.9 Å². The van der Waals surface area contributed by atoms with Crippen molar-refractivity contribution in [1.29, 1.82) is 5.26 Å². The number of halogens is 1. The molecule has 0 saturated carbocycles. The largest absolute Gasteiger partial charge is 0.491 e. The van der Waals surface area contributed by atoms with Crippen LogP contribution in [0.3, 0.4) is 0 Å². The van der Waals surface area contributed by atoms with Gasteiger partial charge >= 0.3 is 0 Å². The molecular weight excluding hydrogens is 310 g/mol. The quantitative estimate of drug-likeness (QED) is 0.457. The van der Waals surface area contributed by atoms with Crippen LogP contribution >= 0.6 is 15.9 Å². The van der Waals surface area contributed by atoms with Crippen LogP contribution in [0.5, 0.6) is 5.75 Å². The second-order valence-electron chi connectivity index (χ2n) is 3.26. The van der Waals surface area contributed by atoms with Crippen molar-refractivity contribution >= 4 is 21.7 Å². The topological polar surface area (TPSA) is 59.3 Å². The molecule has 0 saturated heterocycles. The van der Waals surface area contributed by atoms with E-state index in [1.807, 2.05) is 19.9 Å². The fourth-order valence-electron chi connectivity index (χ4n) is 1.23. The number of carbonyl (C=O) groups is 1. The van der Waals surface area contributed by atoms with Gasteiger partial charge in [0.2, 0.25) is 0 Å². The SMILES string of the molecule is CC.COCCOc1cc(C#N)cc(C(=O)CBr)c1. The normalized spacial score (nSPS) is 9.00. The van der Waals surface area contributed by atoms with Crippen LogP contribution in [-0.2, 0) is 4.74 Å². The zero-order valence-electron chi connectivity index (χ0n) is 11.4. The van der Waals surface area contributed by atoms with E-state index in [1.54, 1.807) is 25.3 Å². The fraction of sp³-hybridized carbons (Fsp3) is 0.429. The molecule has 0 aliphatic rings. The van der Waals surface area contributed by atoms with Gasteiger partial charge in [0.25, 0.3) is 0 Å². The summed E-state index contributed by atoms with van der Waals surface area (Å²) in [4.78, 5) is 11.5. The van der Waals surface area contributed by atoms with Crippen molar-refractivity contribution in [1.82, 2.24) is 0 Å². The van der Waals surface area contributed by atoms with E-state index >= 15 is 0 Å². The Balaban J connectivity index is 0.00000154. The van der Waals surface area contributed by atoms with Crippen LogP contribution in [0.4, 0.5) is 0 Å². The Morgan fingerprint density at radius 3 is 2.53 bits per heavy atom. The number of ketones is 1. The number of ether oxygens (including phenoxy) is 2. The summed E-state index contributed by atoms with van der Waals surface area (Å²) in [6.07, 6.45) is 0. The van der Waals surface area contributed by atoms with Crippen LogP contribution in [0.1, 0.15) is 29.8 Å². The van der Waals surface area contributed by atoms with Gasteiger partial charge < -0.3 is 9.47 Å².